The molecule has 0 aromatic heterocycles. The summed E-state index contributed by atoms with van der Waals surface area (Å²) in [4.78, 5) is 10.9. The van der Waals surface area contributed by atoms with Gasteiger partial charge in [0.15, 0.2) is 6.29 Å². The van der Waals surface area contributed by atoms with Crippen molar-refractivity contribution in [3.8, 4) is 0 Å². The third-order valence-corrected chi connectivity index (χ3v) is 2.19. The van der Waals surface area contributed by atoms with Crippen molar-refractivity contribution in [3.63, 3.8) is 0 Å². The lowest BCUT2D eigenvalue weighted by atomic mass is 10.2. The van der Waals surface area contributed by atoms with E-state index >= 15 is 0 Å². The van der Waals surface area contributed by atoms with Crippen molar-refractivity contribution in [1.82, 2.24) is 5.32 Å². The van der Waals surface area contributed by atoms with E-state index in [0.717, 1.165) is 19.4 Å². The van der Waals surface area contributed by atoms with Gasteiger partial charge < -0.3 is 14.8 Å². The maximum atomic E-state index is 10.9. The summed E-state index contributed by atoms with van der Waals surface area (Å²) in [5, 5.41) is 2.75. The zero-order valence-corrected chi connectivity index (χ0v) is 8.75. The number of hydrogen-bond acceptors (Lipinski definition) is 3. The first-order valence-corrected chi connectivity index (χ1v) is 5.33. The number of carbonyl (C=O) groups excluding carboxylic acids is 1. The minimum atomic E-state index is -0.0534. The fourth-order valence-corrected chi connectivity index (χ4v) is 1.35. The molecule has 0 saturated carbocycles. The van der Waals surface area contributed by atoms with E-state index in [2.05, 4.69) is 5.32 Å². The number of rotatable bonds is 5. The maximum absolute atomic E-state index is 10.9. The highest BCUT2D eigenvalue weighted by Crippen LogP contribution is 2.12. The summed E-state index contributed by atoms with van der Waals surface area (Å²) in [7, 11) is 0. The van der Waals surface area contributed by atoms with Crippen molar-refractivity contribution in [2.75, 3.05) is 19.8 Å². The SMILES string of the molecule is CCC(=O)NCCOC1CCCCO1. The number of ether oxygens (including phenoxy) is 2. The third kappa shape index (κ3) is 4.58. The second-order valence-corrected chi connectivity index (χ2v) is 3.37. The minimum absolute atomic E-state index is 0.0534. The average Bonchev–Trinajstić information content (AvgIpc) is 2.25. The molecule has 1 amide bonds. The first-order chi connectivity index (χ1) is 6.83. The molecule has 82 valence electrons. The largest absolute Gasteiger partial charge is 0.354 e. The molecule has 0 bridgehead atoms. The Morgan fingerprint density at radius 1 is 1.57 bits per heavy atom. The predicted octanol–water partition coefficient (Wildman–Crippen LogP) is 1.06. The average molecular weight is 201 g/mol. The number of carbonyl (C=O) groups is 1. The highest BCUT2D eigenvalue weighted by Gasteiger charge is 2.13. The van der Waals surface area contributed by atoms with Gasteiger partial charge >= 0.3 is 0 Å². The smallest absolute Gasteiger partial charge is 0.219 e. The molecule has 14 heavy (non-hydrogen) atoms. The second-order valence-electron chi connectivity index (χ2n) is 3.37. The summed E-state index contributed by atoms with van der Waals surface area (Å²) in [6, 6.07) is 0. The van der Waals surface area contributed by atoms with Crippen LogP contribution in [0.15, 0.2) is 0 Å². The van der Waals surface area contributed by atoms with Gasteiger partial charge in [0.05, 0.1) is 6.61 Å². The summed E-state index contributed by atoms with van der Waals surface area (Å²) >= 11 is 0. The van der Waals surface area contributed by atoms with Crippen molar-refractivity contribution < 1.29 is 14.3 Å². The molecular formula is C10H19NO3. The third-order valence-electron chi connectivity index (χ3n) is 2.19. The second kappa shape index (κ2) is 6.79. The Kier molecular flexibility index (Phi) is 5.56. The molecule has 1 atom stereocenters. The summed E-state index contributed by atoms with van der Waals surface area (Å²) in [6.07, 6.45) is 3.75. The van der Waals surface area contributed by atoms with Gasteiger partial charge in [0.2, 0.25) is 5.91 Å². The van der Waals surface area contributed by atoms with Crippen LogP contribution >= 0.6 is 0 Å². The molecule has 1 unspecified atom stereocenters. The van der Waals surface area contributed by atoms with Crippen molar-refractivity contribution in [1.29, 1.82) is 0 Å². The monoisotopic (exact) mass is 201 g/mol. The molecule has 1 aliphatic heterocycles. The van der Waals surface area contributed by atoms with Gasteiger partial charge in [0, 0.05) is 19.6 Å². The van der Waals surface area contributed by atoms with Gasteiger partial charge in [0.1, 0.15) is 0 Å². The van der Waals surface area contributed by atoms with Gasteiger partial charge in [-0.3, -0.25) is 4.79 Å². The van der Waals surface area contributed by atoms with Gasteiger partial charge in [0.25, 0.3) is 0 Å². The van der Waals surface area contributed by atoms with Gasteiger partial charge in [-0.2, -0.15) is 0 Å². The molecule has 4 nitrogen and oxygen atoms in total. The van der Waals surface area contributed by atoms with Gasteiger partial charge in [-0.05, 0) is 19.3 Å². The lowest BCUT2D eigenvalue weighted by Gasteiger charge is -2.22. The molecule has 0 aliphatic carbocycles. The van der Waals surface area contributed by atoms with Crippen molar-refractivity contribution in [2.24, 2.45) is 0 Å². The highest BCUT2D eigenvalue weighted by atomic mass is 16.7. The molecule has 0 aromatic rings. The normalized spacial score (nSPS) is 21.9. The molecule has 1 rings (SSSR count). The van der Waals surface area contributed by atoms with Crippen LogP contribution in [0.1, 0.15) is 32.6 Å². The van der Waals surface area contributed by atoms with E-state index in [1.807, 2.05) is 6.92 Å². The standard InChI is InChI=1S/C10H19NO3/c1-2-9(12)11-6-8-14-10-5-3-4-7-13-10/h10H,2-8H2,1H3,(H,11,12). The van der Waals surface area contributed by atoms with E-state index in [9.17, 15) is 4.79 Å². The van der Waals surface area contributed by atoms with Crippen molar-refractivity contribution in [2.45, 2.75) is 38.9 Å². The molecule has 0 spiro atoms. The van der Waals surface area contributed by atoms with E-state index in [1.165, 1.54) is 6.42 Å². The molecule has 0 aromatic carbocycles. The molecule has 1 heterocycles. The Hall–Kier alpha value is -0.610. The van der Waals surface area contributed by atoms with Crippen LogP contribution in [-0.2, 0) is 14.3 Å². The molecule has 1 fully saturated rings. The quantitative estimate of drug-likeness (QED) is 0.676. The van der Waals surface area contributed by atoms with Crippen LogP contribution < -0.4 is 5.32 Å². The molecular weight excluding hydrogens is 182 g/mol. The van der Waals surface area contributed by atoms with Crippen LogP contribution in [0.2, 0.25) is 0 Å². The number of amides is 1. The minimum Gasteiger partial charge on any atom is -0.354 e. The molecule has 4 heteroatoms. The lowest BCUT2D eigenvalue weighted by molar-refractivity contribution is -0.161. The van der Waals surface area contributed by atoms with E-state index < -0.39 is 0 Å². The van der Waals surface area contributed by atoms with Crippen LogP contribution in [0.3, 0.4) is 0 Å². The van der Waals surface area contributed by atoms with Gasteiger partial charge in [-0.1, -0.05) is 6.92 Å². The zero-order valence-electron chi connectivity index (χ0n) is 8.75. The van der Waals surface area contributed by atoms with E-state index in [0.29, 0.717) is 19.6 Å². The summed E-state index contributed by atoms with van der Waals surface area (Å²) in [5.41, 5.74) is 0. The zero-order chi connectivity index (χ0) is 10.2. The van der Waals surface area contributed by atoms with E-state index in [4.69, 9.17) is 9.47 Å². The van der Waals surface area contributed by atoms with Crippen LogP contribution in [0.5, 0.6) is 0 Å². The summed E-state index contributed by atoms with van der Waals surface area (Å²) < 4.78 is 10.8. The lowest BCUT2D eigenvalue weighted by Crippen LogP contribution is -2.30. The number of hydrogen-bond donors (Lipinski definition) is 1. The Morgan fingerprint density at radius 3 is 3.07 bits per heavy atom. The first-order valence-electron chi connectivity index (χ1n) is 5.33. The van der Waals surface area contributed by atoms with E-state index in [1.54, 1.807) is 0 Å². The fraction of sp³-hybridized carbons (Fsp3) is 0.900. The Bertz CT molecular complexity index is 167. The van der Waals surface area contributed by atoms with Crippen LogP contribution in [0, 0.1) is 0 Å². The Morgan fingerprint density at radius 2 is 2.43 bits per heavy atom. The Labute approximate surface area is 85.0 Å². The maximum Gasteiger partial charge on any atom is 0.219 e. The van der Waals surface area contributed by atoms with Crippen molar-refractivity contribution >= 4 is 5.91 Å². The Balaban J connectivity index is 1.94. The predicted molar refractivity (Wildman–Crippen MR) is 52.8 cm³/mol. The van der Waals surface area contributed by atoms with Crippen molar-refractivity contribution in [3.05, 3.63) is 0 Å². The summed E-state index contributed by atoms with van der Waals surface area (Å²) in [6.45, 7) is 3.75. The van der Waals surface area contributed by atoms with Gasteiger partial charge in [-0.15, -0.1) is 0 Å². The highest BCUT2D eigenvalue weighted by molar-refractivity contribution is 5.75. The van der Waals surface area contributed by atoms with Crippen LogP contribution in [0.4, 0.5) is 0 Å². The molecule has 1 aliphatic rings. The fourth-order valence-electron chi connectivity index (χ4n) is 1.35. The number of nitrogens with one attached hydrogen (secondary N) is 1. The van der Waals surface area contributed by atoms with Crippen LogP contribution in [0.25, 0.3) is 0 Å². The topological polar surface area (TPSA) is 47.6 Å². The van der Waals surface area contributed by atoms with Gasteiger partial charge in [-0.25, -0.2) is 0 Å². The molecule has 0 radical (unpaired) electrons. The first kappa shape index (κ1) is 11.5. The van der Waals surface area contributed by atoms with E-state index in [-0.39, 0.29) is 12.2 Å². The van der Waals surface area contributed by atoms with Crippen LogP contribution in [-0.4, -0.2) is 32.0 Å². The molecule has 1 saturated heterocycles. The molecule has 1 N–H and O–H groups in total. The summed E-state index contributed by atoms with van der Waals surface area (Å²) in [5.74, 6) is 0.0677.